The summed E-state index contributed by atoms with van der Waals surface area (Å²) < 4.78 is 20.1. The third-order valence-corrected chi connectivity index (χ3v) is 4.87. The Morgan fingerprint density at radius 2 is 2.04 bits per heavy atom. The molecule has 1 saturated heterocycles. The van der Waals surface area contributed by atoms with Gasteiger partial charge in [-0.1, -0.05) is 6.07 Å². The summed E-state index contributed by atoms with van der Waals surface area (Å²) >= 11 is 0. The lowest BCUT2D eigenvalue weighted by Gasteiger charge is -2.29. The number of hydrogen-bond donors (Lipinski definition) is 2. The Balaban J connectivity index is 1.69. The van der Waals surface area contributed by atoms with Crippen molar-refractivity contribution in [2.45, 2.75) is 12.8 Å². The van der Waals surface area contributed by atoms with Gasteiger partial charge < -0.3 is 20.1 Å². The highest BCUT2D eigenvalue weighted by Gasteiger charge is 2.31. The largest absolute Gasteiger partial charge is 0.488 e. The van der Waals surface area contributed by atoms with Crippen LogP contribution in [0.2, 0.25) is 0 Å². The number of imide groups is 1. The Labute approximate surface area is 157 Å². The van der Waals surface area contributed by atoms with E-state index in [1.54, 1.807) is 6.07 Å². The van der Waals surface area contributed by atoms with Crippen molar-refractivity contribution in [3.05, 3.63) is 35.8 Å². The molecular weight excluding hydrogens is 353 g/mol. The Morgan fingerprint density at radius 3 is 2.74 bits per heavy atom. The van der Waals surface area contributed by atoms with Gasteiger partial charge in [-0.15, -0.1) is 0 Å². The van der Waals surface area contributed by atoms with Gasteiger partial charge in [0, 0.05) is 6.08 Å². The van der Waals surface area contributed by atoms with E-state index in [-0.39, 0.29) is 24.6 Å². The minimum atomic E-state index is -0.556. The summed E-state index contributed by atoms with van der Waals surface area (Å²) in [4.78, 5) is 27.3. The molecule has 0 spiro atoms. The van der Waals surface area contributed by atoms with Gasteiger partial charge in [-0.2, -0.15) is 0 Å². The van der Waals surface area contributed by atoms with Crippen molar-refractivity contribution in [2.24, 2.45) is 5.92 Å². The van der Waals surface area contributed by atoms with Gasteiger partial charge in [0.2, 0.25) is 0 Å². The Bertz CT molecular complexity index is 744. The molecule has 0 bridgehead atoms. The van der Waals surface area contributed by atoms with E-state index >= 15 is 0 Å². The molecule has 27 heavy (non-hydrogen) atoms. The van der Waals surface area contributed by atoms with Gasteiger partial charge in [0.15, 0.2) is 11.6 Å². The molecule has 3 rings (SSSR count). The molecule has 2 N–H and O–H groups in total. The molecule has 2 aliphatic heterocycles. The third-order valence-electron chi connectivity index (χ3n) is 4.87. The second-order valence-electron chi connectivity index (χ2n) is 6.88. The summed E-state index contributed by atoms with van der Waals surface area (Å²) in [6.45, 7) is 1.97. The highest BCUT2D eigenvalue weighted by atomic mass is 19.1. The van der Waals surface area contributed by atoms with E-state index < -0.39 is 17.6 Å². The molecule has 0 aromatic heterocycles. The second-order valence-corrected chi connectivity index (χ2v) is 6.88. The van der Waals surface area contributed by atoms with E-state index in [1.165, 1.54) is 12.1 Å². The monoisotopic (exact) mass is 377 g/mol. The molecule has 2 heterocycles. The second kappa shape index (κ2) is 8.49. The van der Waals surface area contributed by atoms with Gasteiger partial charge in [0.05, 0.1) is 25.4 Å². The first kappa shape index (κ1) is 19.3. The summed E-state index contributed by atoms with van der Waals surface area (Å²) in [5.74, 6) is -1.21. The first-order valence-electron chi connectivity index (χ1n) is 9.05. The minimum absolute atomic E-state index is 0.0307. The molecule has 2 amide bonds. The first-order chi connectivity index (χ1) is 13.0. The highest BCUT2D eigenvalue weighted by Crippen LogP contribution is 2.31. The summed E-state index contributed by atoms with van der Waals surface area (Å²) in [6, 6.07) is 4.40. The fraction of sp³-hybridized carbons (Fsp3) is 0.474. The van der Waals surface area contributed by atoms with E-state index in [4.69, 9.17) is 9.84 Å². The van der Waals surface area contributed by atoms with Gasteiger partial charge in [-0.05, 0) is 51.0 Å². The number of nitrogens with one attached hydrogen (secondary N) is 1. The van der Waals surface area contributed by atoms with Crippen molar-refractivity contribution in [1.29, 1.82) is 0 Å². The molecule has 1 aromatic carbocycles. The lowest BCUT2D eigenvalue weighted by Crippen LogP contribution is -2.34. The number of anilines is 1. The highest BCUT2D eigenvalue weighted by molar-refractivity contribution is 6.17. The van der Waals surface area contributed by atoms with Gasteiger partial charge in [0.25, 0.3) is 11.8 Å². The molecule has 2 aliphatic rings. The zero-order valence-corrected chi connectivity index (χ0v) is 15.3. The number of para-hydroxylation sites is 1. The molecule has 0 saturated carbocycles. The minimum Gasteiger partial charge on any atom is -0.488 e. The predicted octanol–water partition coefficient (Wildman–Crippen LogP) is 1.20. The van der Waals surface area contributed by atoms with Crippen molar-refractivity contribution in [3.8, 4) is 5.75 Å². The number of ether oxygens (including phenoxy) is 1. The van der Waals surface area contributed by atoms with Crippen molar-refractivity contribution in [2.75, 3.05) is 45.2 Å². The molecule has 0 unspecified atom stereocenters. The number of β-amino-alcohol motifs (C(OH)–C–C–N with tert-alkyl or cyclic N) is 1. The number of halogens is 1. The summed E-state index contributed by atoms with van der Waals surface area (Å²) in [5, 5.41) is 11.8. The van der Waals surface area contributed by atoms with Crippen molar-refractivity contribution in [3.63, 3.8) is 0 Å². The van der Waals surface area contributed by atoms with Crippen LogP contribution < -0.4 is 10.1 Å². The van der Waals surface area contributed by atoms with Crippen molar-refractivity contribution < 1.29 is 23.8 Å². The van der Waals surface area contributed by atoms with Crippen LogP contribution in [0.1, 0.15) is 12.8 Å². The number of likely N-dealkylation sites (tertiary alicyclic amines) is 1. The zero-order chi connectivity index (χ0) is 19.4. The number of benzene rings is 1. The Morgan fingerprint density at radius 1 is 1.30 bits per heavy atom. The number of piperidine rings is 1. The smallest absolute Gasteiger partial charge is 0.277 e. The van der Waals surface area contributed by atoms with Crippen LogP contribution in [0.3, 0.4) is 0 Å². The number of aliphatic hydroxyl groups is 1. The molecule has 7 nitrogen and oxygen atoms in total. The molecule has 0 aliphatic carbocycles. The Hall–Kier alpha value is -2.45. The Kier molecular flexibility index (Phi) is 6.08. The van der Waals surface area contributed by atoms with E-state index in [2.05, 4.69) is 17.3 Å². The zero-order valence-electron chi connectivity index (χ0n) is 15.3. The van der Waals surface area contributed by atoms with Crippen LogP contribution in [0.25, 0.3) is 0 Å². The molecule has 0 radical (unpaired) electrons. The predicted molar refractivity (Wildman–Crippen MR) is 97.6 cm³/mol. The maximum Gasteiger partial charge on any atom is 0.277 e. The van der Waals surface area contributed by atoms with Crippen LogP contribution in [-0.4, -0.2) is 66.6 Å². The van der Waals surface area contributed by atoms with Crippen molar-refractivity contribution in [1.82, 2.24) is 9.80 Å². The van der Waals surface area contributed by atoms with Crippen LogP contribution in [0.15, 0.2) is 30.0 Å². The molecule has 8 heteroatoms. The lowest BCUT2D eigenvalue weighted by molar-refractivity contribution is -0.137. The van der Waals surface area contributed by atoms with Crippen molar-refractivity contribution >= 4 is 17.5 Å². The fourth-order valence-electron chi connectivity index (χ4n) is 3.24. The molecular formula is C19H24FN3O4. The normalized spacial score (nSPS) is 18.8. The number of carbonyl (C=O) groups is 2. The van der Waals surface area contributed by atoms with Gasteiger partial charge in [-0.25, -0.2) is 4.39 Å². The lowest BCUT2D eigenvalue weighted by atomic mass is 9.98. The standard InChI is InChI=1S/C19H24FN3O4/c1-22-7-5-13(6-8-22)12-27-18-14(20)3-2-4-15(18)21-16-11-17(25)23(9-10-24)19(16)26/h2-4,11,13,21,24H,5-10,12H2,1H3. The number of amides is 2. The number of rotatable bonds is 7. The van der Waals surface area contributed by atoms with E-state index in [0.717, 1.165) is 36.9 Å². The number of hydrogen-bond acceptors (Lipinski definition) is 6. The SMILES string of the molecule is CN1CCC(COc2c(F)cccc2NC2=CC(=O)N(CCO)C2=O)CC1. The molecule has 1 aromatic rings. The average Bonchev–Trinajstić information content (AvgIpc) is 2.90. The maximum absolute atomic E-state index is 14.3. The summed E-state index contributed by atoms with van der Waals surface area (Å²) in [7, 11) is 2.07. The van der Waals surface area contributed by atoms with Gasteiger partial charge in [0.1, 0.15) is 5.70 Å². The average molecular weight is 377 g/mol. The van der Waals surface area contributed by atoms with Gasteiger partial charge >= 0.3 is 0 Å². The molecule has 146 valence electrons. The van der Waals surface area contributed by atoms with E-state index in [0.29, 0.717) is 18.2 Å². The molecule has 1 fully saturated rings. The number of nitrogens with zero attached hydrogens (tertiary/aromatic N) is 2. The quantitative estimate of drug-likeness (QED) is 0.695. The van der Waals surface area contributed by atoms with E-state index in [9.17, 15) is 14.0 Å². The van der Waals surface area contributed by atoms with E-state index in [1.807, 2.05) is 0 Å². The molecule has 0 atom stereocenters. The maximum atomic E-state index is 14.3. The number of carbonyl (C=O) groups excluding carboxylic acids is 2. The summed E-state index contributed by atoms with van der Waals surface area (Å²) in [5.41, 5.74) is 0.323. The van der Waals surface area contributed by atoms with Crippen LogP contribution in [0, 0.1) is 11.7 Å². The topological polar surface area (TPSA) is 82.1 Å². The number of aliphatic hydroxyl groups excluding tert-OH is 1. The van der Waals surface area contributed by atoms with Crippen LogP contribution in [0.5, 0.6) is 5.75 Å². The fourth-order valence-corrected chi connectivity index (χ4v) is 3.24. The van der Waals surface area contributed by atoms with Crippen LogP contribution in [0.4, 0.5) is 10.1 Å². The third kappa shape index (κ3) is 4.45. The summed E-state index contributed by atoms with van der Waals surface area (Å²) in [6.07, 6.45) is 3.12. The van der Waals surface area contributed by atoms with Gasteiger partial charge in [-0.3, -0.25) is 14.5 Å². The first-order valence-corrected chi connectivity index (χ1v) is 9.05. The van der Waals surface area contributed by atoms with Crippen LogP contribution >= 0.6 is 0 Å². The van der Waals surface area contributed by atoms with Crippen LogP contribution in [-0.2, 0) is 9.59 Å².